The Kier molecular flexibility index (Phi) is 7.03. The molecule has 14 heavy (non-hydrogen) atoms. The smallest absolute Gasteiger partial charge is 0.0344 e. The van der Waals surface area contributed by atoms with Crippen LogP contribution in [0.1, 0.15) is 33.6 Å². The molecule has 0 aliphatic rings. The van der Waals surface area contributed by atoms with E-state index in [1.807, 2.05) is 26.0 Å². The van der Waals surface area contributed by atoms with Crippen LogP contribution in [0.4, 0.5) is 0 Å². The van der Waals surface area contributed by atoms with Gasteiger partial charge in [0.2, 0.25) is 0 Å². The Labute approximate surface area is 87.6 Å². The summed E-state index contributed by atoms with van der Waals surface area (Å²) >= 11 is 0. The van der Waals surface area contributed by atoms with Crippen molar-refractivity contribution in [3.8, 4) is 0 Å². The van der Waals surface area contributed by atoms with Gasteiger partial charge in [-0.1, -0.05) is 13.0 Å². The van der Waals surface area contributed by atoms with E-state index in [9.17, 15) is 0 Å². The molecule has 0 aromatic rings. The number of hydrogen-bond donors (Lipinski definition) is 1. The molecule has 2 nitrogen and oxygen atoms in total. The zero-order valence-corrected chi connectivity index (χ0v) is 9.53. The molecule has 0 bridgehead atoms. The maximum atomic E-state index is 6.00. The van der Waals surface area contributed by atoms with Crippen LogP contribution in [-0.4, -0.2) is 12.3 Å². The van der Waals surface area contributed by atoms with E-state index in [2.05, 4.69) is 18.5 Å². The highest BCUT2D eigenvalue weighted by Crippen LogP contribution is 2.12. The minimum Gasteiger partial charge on any atom is -0.324 e. The Morgan fingerprint density at radius 1 is 1.57 bits per heavy atom. The summed E-state index contributed by atoms with van der Waals surface area (Å²) < 4.78 is 0. The Bertz CT molecular complexity index is 216. The molecule has 0 fully saturated rings. The molecule has 0 saturated heterocycles. The van der Waals surface area contributed by atoms with Crippen molar-refractivity contribution in [2.24, 2.45) is 16.6 Å². The van der Waals surface area contributed by atoms with Gasteiger partial charge in [-0.2, -0.15) is 0 Å². The first-order valence-corrected chi connectivity index (χ1v) is 5.15. The molecule has 0 spiro atoms. The average molecular weight is 194 g/mol. The van der Waals surface area contributed by atoms with Gasteiger partial charge in [-0.3, -0.25) is 4.99 Å². The Balaban J connectivity index is 4.10. The summed E-state index contributed by atoms with van der Waals surface area (Å²) in [6.07, 6.45) is 7.85. The van der Waals surface area contributed by atoms with Gasteiger partial charge < -0.3 is 5.73 Å². The molecule has 2 heteroatoms. The van der Waals surface area contributed by atoms with E-state index < -0.39 is 0 Å². The lowest BCUT2D eigenvalue weighted by molar-refractivity contribution is 0.483. The van der Waals surface area contributed by atoms with E-state index in [0.717, 1.165) is 18.5 Å². The molecular weight excluding hydrogens is 172 g/mol. The molecule has 0 radical (unpaired) electrons. The van der Waals surface area contributed by atoms with Crippen LogP contribution in [0.25, 0.3) is 0 Å². The lowest BCUT2D eigenvalue weighted by Gasteiger charge is -2.15. The number of allylic oxidation sites excluding steroid dienone is 2. The highest BCUT2D eigenvalue weighted by Gasteiger charge is 2.08. The van der Waals surface area contributed by atoms with Crippen LogP contribution >= 0.6 is 0 Å². The molecule has 0 aromatic carbocycles. The summed E-state index contributed by atoms with van der Waals surface area (Å²) in [6.45, 7) is 9.74. The number of aliphatic imine (C=N–C) groups is 1. The van der Waals surface area contributed by atoms with Gasteiger partial charge in [-0.25, -0.2) is 0 Å². The van der Waals surface area contributed by atoms with Gasteiger partial charge in [-0.15, -0.1) is 6.58 Å². The summed E-state index contributed by atoms with van der Waals surface area (Å²) in [7, 11) is 0. The van der Waals surface area contributed by atoms with Crippen LogP contribution in [0, 0.1) is 5.92 Å². The topological polar surface area (TPSA) is 38.4 Å². The second-order valence-electron chi connectivity index (χ2n) is 3.62. The van der Waals surface area contributed by atoms with Crippen molar-refractivity contribution in [1.82, 2.24) is 0 Å². The van der Waals surface area contributed by atoms with E-state index >= 15 is 0 Å². The Hall–Kier alpha value is -0.890. The first kappa shape index (κ1) is 13.1. The van der Waals surface area contributed by atoms with Crippen LogP contribution in [0.15, 0.2) is 29.4 Å². The summed E-state index contributed by atoms with van der Waals surface area (Å²) in [4.78, 5) is 4.16. The number of nitrogens with zero attached hydrogens (tertiary/aromatic N) is 1. The lowest BCUT2D eigenvalue weighted by Crippen LogP contribution is -2.26. The second-order valence-corrected chi connectivity index (χ2v) is 3.62. The van der Waals surface area contributed by atoms with Gasteiger partial charge in [0.15, 0.2) is 0 Å². The molecule has 0 rings (SSSR count). The SMILES string of the molecule is C=CCCC(C)C(N)/C=C(\C)N=CC. The predicted molar refractivity (Wildman–Crippen MR) is 64.5 cm³/mol. The average Bonchev–Trinajstić information content (AvgIpc) is 2.14. The van der Waals surface area contributed by atoms with Crippen LogP contribution in [-0.2, 0) is 0 Å². The molecule has 2 atom stereocenters. The molecule has 0 aliphatic carbocycles. The summed E-state index contributed by atoms with van der Waals surface area (Å²) in [5.74, 6) is 0.481. The van der Waals surface area contributed by atoms with E-state index in [1.54, 1.807) is 6.21 Å². The molecule has 2 unspecified atom stereocenters. The highest BCUT2D eigenvalue weighted by molar-refractivity contribution is 5.55. The summed E-state index contributed by atoms with van der Waals surface area (Å²) in [5.41, 5.74) is 7.00. The monoisotopic (exact) mass is 194 g/mol. The lowest BCUT2D eigenvalue weighted by atomic mass is 9.96. The largest absolute Gasteiger partial charge is 0.324 e. The van der Waals surface area contributed by atoms with Gasteiger partial charge in [0.05, 0.1) is 0 Å². The zero-order chi connectivity index (χ0) is 11.0. The zero-order valence-electron chi connectivity index (χ0n) is 9.53. The van der Waals surface area contributed by atoms with Crippen LogP contribution in [0.2, 0.25) is 0 Å². The third-order valence-corrected chi connectivity index (χ3v) is 2.25. The molecule has 0 aliphatic heterocycles. The Morgan fingerprint density at radius 3 is 2.71 bits per heavy atom. The van der Waals surface area contributed by atoms with Gasteiger partial charge in [-0.05, 0) is 38.7 Å². The van der Waals surface area contributed by atoms with Crippen LogP contribution < -0.4 is 5.73 Å². The van der Waals surface area contributed by atoms with Crippen molar-refractivity contribution in [1.29, 1.82) is 0 Å². The molecule has 0 amide bonds. The van der Waals surface area contributed by atoms with Crippen molar-refractivity contribution in [2.45, 2.75) is 39.7 Å². The second kappa shape index (κ2) is 7.51. The first-order valence-electron chi connectivity index (χ1n) is 5.15. The maximum absolute atomic E-state index is 6.00. The van der Waals surface area contributed by atoms with Crippen LogP contribution in [0.3, 0.4) is 0 Å². The van der Waals surface area contributed by atoms with Crippen LogP contribution in [0.5, 0.6) is 0 Å². The molecule has 0 aromatic heterocycles. The minimum atomic E-state index is 0.0960. The minimum absolute atomic E-state index is 0.0960. The normalized spacial score (nSPS) is 17.0. The molecule has 80 valence electrons. The van der Waals surface area contributed by atoms with Gasteiger partial charge in [0.25, 0.3) is 0 Å². The fourth-order valence-corrected chi connectivity index (χ4v) is 1.26. The summed E-state index contributed by atoms with van der Waals surface area (Å²) in [5, 5.41) is 0. The molecule has 2 N–H and O–H groups in total. The highest BCUT2D eigenvalue weighted by atomic mass is 14.7. The third-order valence-electron chi connectivity index (χ3n) is 2.25. The van der Waals surface area contributed by atoms with E-state index in [-0.39, 0.29) is 6.04 Å². The fourth-order valence-electron chi connectivity index (χ4n) is 1.26. The predicted octanol–water partition coefficient (Wildman–Crippen LogP) is 2.91. The first-order chi connectivity index (χ1) is 6.61. The van der Waals surface area contributed by atoms with Crippen molar-refractivity contribution >= 4 is 6.21 Å². The van der Waals surface area contributed by atoms with Gasteiger partial charge >= 0.3 is 0 Å². The van der Waals surface area contributed by atoms with Crippen molar-refractivity contribution in [3.05, 3.63) is 24.4 Å². The van der Waals surface area contributed by atoms with Crippen molar-refractivity contribution in [2.75, 3.05) is 0 Å². The fraction of sp³-hybridized carbons (Fsp3) is 0.583. The van der Waals surface area contributed by atoms with Crippen molar-refractivity contribution in [3.63, 3.8) is 0 Å². The molecular formula is C12H22N2. The van der Waals surface area contributed by atoms with Gasteiger partial charge in [0.1, 0.15) is 0 Å². The van der Waals surface area contributed by atoms with E-state index in [0.29, 0.717) is 5.92 Å². The molecule has 0 heterocycles. The third kappa shape index (κ3) is 5.70. The standard InChI is InChI=1S/C12H22N2/c1-5-7-8-10(3)12(13)9-11(4)14-6-2/h5-6,9-10,12H,1,7-8,13H2,2-4H3/b11-9+,14-6?. The van der Waals surface area contributed by atoms with E-state index in [1.165, 1.54) is 0 Å². The maximum Gasteiger partial charge on any atom is 0.0344 e. The number of nitrogens with two attached hydrogens (primary N) is 1. The Morgan fingerprint density at radius 2 is 2.21 bits per heavy atom. The van der Waals surface area contributed by atoms with E-state index in [4.69, 9.17) is 5.73 Å². The molecule has 0 saturated carbocycles. The van der Waals surface area contributed by atoms with Gasteiger partial charge in [0, 0.05) is 18.0 Å². The van der Waals surface area contributed by atoms with Crippen molar-refractivity contribution < 1.29 is 0 Å². The number of hydrogen-bond acceptors (Lipinski definition) is 2. The quantitative estimate of drug-likeness (QED) is 0.512. The number of rotatable bonds is 6. The summed E-state index contributed by atoms with van der Waals surface area (Å²) in [6, 6.07) is 0.0960.